The summed E-state index contributed by atoms with van der Waals surface area (Å²) in [6.45, 7) is 3.10. The first-order chi connectivity index (χ1) is 11.9. The Morgan fingerprint density at radius 3 is 2.54 bits per heavy atom. The van der Waals surface area contributed by atoms with E-state index in [4.69, 9.17) is 10.5 Å². The molecule has 0 aliphatic carbocycles. The van der Waals surface area contributed by atoms with Gasteiger partial charge in [0.15, 0.2) is 0 Å². The molecule has 7 nitrogen and oxygen atoms in total. The summed E-state index contributed by atoms with van der Waals surface area (Å²) < 4.78 is 32.4. The second-order valence-electron chi connectivity index (χ2n) is 6.29. The zero-order valence-electron chi connectivity index (χ0n) is 15.2. The normalized spacial score (nSPS) is 16.6. The number of carbonyl (C=O) groups excluding carboxylic acids is 1. The van der Waals surface area contributed by atoms with Gasteiger partial charge in [-0.05, 0) is 37.5 Å². The predicted molar refractivity (Wildman–Crippen MR) is 104 cm³/mol. The number of piperidine rings is 1. The summed E-state index contributed by atoms with van der Waals surface area (Å²) in [5.74, 6) is -0.262. The van der Waals surface area contributed by atoms with E-state index >= 15 is 0 Å². The molecule has 1 heterocycles. The SMILES string of the molecule is COC(CN)CC(=O)Nc1ccc(C)c(S(=O)(=O)N2CCCCC2)c1.Cl. The Morgan fingerprint density at radius 2 is 1.96 bits per heavy atom. The van der Waals surface area contributed by atoms with Gasteiger partial charge in [0.1, 0.15) is 0 Å². The molecule has 1 atom stereocenters. The van der Waals surface area contributed by atoms with Crippen LogP contribution >= 0.6 is 12.4 Å². The third kappa shape index (κ3) is 5.65. The molecule has 9 heteroatoms. The van der Waals surface area contributed by atoms with Crippen LogP contribution in [0.1, 0.15) is 31.2 Å². The average molecular weight is 406 g/mol. The van der Waals surface area contributed by atoms with Crippen LogP contribution in [0.3, 0.4) is 0 Å². The van der Waals surface area contributed by atoms with Gasteiger partial charge in [-0.15, -0.1) is 12.4 Å². The number of nitrogens with one attached hydrogen (secondary N) is 1. The summed E-state index contributed by atoms with van der Waals surface area (Å²) in [5, 5.41) is 2.73. The Hall–Kier alpha value is -1.19. The second kappa shape index (κ2) is 10.2. The number of hydrogen-bond acceptors (Lipinski definition) is 5. The molecule has 0 aromatic heterocycles. The number of nitrogens with zero attached hydrogens (tertiary/aromatic N) is 1. The number of ether oxygens (including phenoxy) is 1. The van der Waals surface area contributed by atoms with E-state index in [2.05, 4.69) is 5.32 Å². The van der Waals surface area contributed by atoms with Crippen molar-refractivity contribution < 1.29 is 17.9 Å². The van der Waals surface area contributed by atoms with Crippen LogP contribution < -0.4 is 11.1 Å². The minimum atomic E-state index is -3.55. The topological polar surface area (TPSA) is 102 Å². The lowest BCUT2D eigenvalue weighted by molar-refractivity contribution is -0.118. The highest BCUT2D eigenvalue weighted by atomic mass is 35.5. The largest absolute Gasteiger partial charge is 0.380 e. The molecule has 1 amide bonds. The Kier molecular flexibility index (Phi) is 8.99. The summed E-state index contributed by atoms with van der Waals surface area (Å²) in [6, 6.07) is 4.94. The van der Waals surface area contributed by atoms with Crippen LogP contribution in [0, 0.1) is 6.92 Å². The van der Waals surface area contributed by atoms with E-state index in [1.807, 2.05) is 0 Å². The number of anilines is 1. The molecular formula is C17H28ClN3O4S. The molecule has 0 bridgehead atoms. The van der Waals surface area contributed by atoms with Crippen molar-refractivity contribution in [1.82, 2.24) is 4.31 Å². The minimum absolute atomic E-state index is 0. The van der Waals surface area contributed by atoms with Crippen molar-refractivity contribution in [1.29, 1.82) is 0 Å². The predicted octanol–water partition coefficient (Wildman–Crippen LogP) is 1.89. The molecule has 148 valence electrons. The quantitative estimate of drug-likeness (QED) is 0.721. The molecular weight excluding hydrogens is 378 g/mol. The van der Waals surface area contributed by atoms with Crippen LogP contribution in [0.5, 0.6) is 0 Å². The fourth-order valence-corrected chi connectivity index (χ4v) is 4.65. The smallest absolute Gasteiger partial charge is 0.243 e. The zero-order valence-corrected chi connectivity index (χ0v) is 16.9. The monoisotopic (exact) mass is 405 g/mol. The molecule has 1 aliphatic rings. The number of benzene rings is 1. The number of methoxy groups -OCH3 is 1. The van der Waals surface area contributed by atoms with E-state index in [0.29, 0.717) is 24.3 Å². The van der Waals surface area contributed by atoms with Crippen LogP contribution in [0.2, 0.25) is 0 Å². The maximum absolute atomic E-state index is 12.9. The number of amides is 1. The number of rotatable bonds is 7. The summed E-state index contributed by atoms with van der Waals surface area (Å²) in [4.78, 5) is 12.3. The van der Waals surface area contributed by atoms with Crippen LogP contribution in [-0.4, -0.2) is 51.5 Å². The zero-order chi connectivity index (χ0) is 18.4. The molecule has 1 fully saturated rings. The summed E-state index contributed by atoms with van der Waals surface area (Å²) >= 11 is 0. The minimum Gasteiger partial charge on any atom is -0.380 e. The fourth-order valence-electron chi connectivity index (χ4n) is 2.88. The van der Waals surface area contributed by atoms with Gasteiger partial charge in [-0.3, -0.25) is 4.79 Å². The van der Waals surface area contributed by atoms with E-state index in [-0.39, 0.29) is 42.3 Å². The molecule has 1 aromatic rings. The number of aryl methyl sites for hydroxylation is 1. The van der Waals surface area contributed by atoms with Gasteiger partial charge in [0.25, 0.3) is 0 Å². The van der Waals surface area contributed by atoms with Crippen molar-refractivity contribution in [3.05, 3.63) is 23.8 Å². The summed E-state index contributed by atoms with van der Waals surface area (Å²) in [5.41, 5.74) is 6.64. The van der Waals surface area contributed by atoms with Crippen molar-refractivity contribution in [2.75, 3.05) is 32.1 Å². The third-order valence-corrected chi connectivity index (χ3v) is 6.45. The standard InChI is InChI=1S/C17H27N3O4S.ClH/c1-13-6-7-14(19-17(21)11-15(12-18)24-2)10-16(13)25(22,23)20-8-4-3-5-9-20;/h6-7,10,15H,3-5,8-9,11-12,18H2,1-2H3,(H,19,21);1H. The number of sulfonamides is 1. The van der Waals surface area contributed by atoms with E-state index in [1.54, 1.807) is 19.1 Å². The van der Waals surface area contributed by atoms with Crippen LogP contribution in [0.4, 0.5) is 5.69 Å². The molecule has 3 N–H and O–H groups in total. The van der Waals surface area contributed by atoms with Gasteiger partial charge in [-0.25, -0.2) is 8.42 Å². The first kappa shape index (κ1) is 22.9. The Bertz CT molecular complexity index is 702. The van der Waals surface area contributed by atoms with Crippen LogP contribution in [-0.2, 0) is 19.6 Å². The third-order valence-electron chi connectivity index (χ3n) is 4.41. The van der Waals surface area contributed by atoms with Crippen LogP contribution in [0.25, 0.3) is 0 Å². The first-order valence-corrected chi connectivity index (χ1v) is 9.96. The fraction of sp³-hybridized carbons (Fsp3) is 0.588. The summed E-state index contributed by atoms with van der Waals surface area (Å²) in [7, 11) is -2.05. The van der Waals surface area contributed by atoms with E-state index in [0.717, 1.165) is 19.3 Å². The molecule has 0 spiro atoms. The molecule has 0 saturated carbocycles. The van der Waals surface area contributed by atoms with Gasteiger partial charge in [0.05, 0.1) is 17.4 Å². The lowest BCUT2D eigenvalue weighted by Gasteiger charge is -2.26. The van der Waals surface area contributed by atoms with E-state index < -0.39 is 10.0 Å². The first-order valence-electron chi connectivity index (χ1n) is 8.52. The maximum atomic E-state index is 12.9. The molecule has 2 rings (SSSR count). The molecule has 1 aliphatic heterocycles. The van der Waals surface area contributed by atoms with Crippen molar-refractivity contribution >= 4 is 34.0 Å². The van der Waals surface area contributed by atoms with Gasteiger partial charge in [0.2, 0.25) is 15.9 Å². The number of hydrogen-bond donors (Lipinski definition) is 2. The molecule has 0 radical (unpaired) electrons. The van der Waals surface area contributed by atoms with Crippen molar-refractivity contribution in [3.63, 3.8) is 0 Å². The van der Waals surface area contributed by atoms with Gasteiger partial charge in [0, 0.05) is 32.4 Å². The highest BCUT2D eigenvalue weighted by Gasteiger charge is 2.27. The number of carbonyl (C=O) groups is 1. The van der Waals surface area contributed by atoms with Crippen molar-refractivity contribution in [3.8, 4) is 0 Å². The van der Waals surface area contributed by atoms with Crippen LogP contribution in [0.15, 0.2) is 23.1 Å². The van der Waals surface area contributed by atoms with Gasteiger partial charge >= 0.3 is 0 Å². The molecule has 26 heavy (non-hydrogen) atoms. The maximum Gasteiger partial charge on any atom is 0.243 e. The van der Waals surface area contributed by atoms with Crippen molar-refractivity contribution in [2.24, 2.45) is 5.73 Å². The summed E-state index contributed by atoms with van der Waals surface area (Å²) in [6.07, 6.45) is 2.58. The lowest BCUT2D eigenvalue weighted by Crippen LogP contribution is -2.36. The Balaban J connectivity index is 0.00000338. The van der Waals surface area contributed by atoms with E-state index in [9.17, 15) is 13.2 Å². The lowest BCUT2D eigenvalue weighted by atomic mass is 10.2. The molecule has 1 unspecified atom stereocenters. The van der Waals surface area contributed by atoms with Gasteiger partial charge in [-0.2, -0.15) is 4.31 Å². The average Bonchev–Trinajstić information content (AvgIpc) is 2.62. The Labute approximate surface area is 161 Å². The highest BCUT2D eigenvalue weighted by molar-refractivity contribution is 7.89. The van der Waals surface area contributed by atoms with E-state index in [1.165, 1.54) is 17.5 Å². The van der Waals surface area contributed by atoms with Gasteiger partial charge in [-0.1, -0.05) is 12.5 Å². The Morgan fingerprint density at radius 1 is 1.31 bits per heavy atom. The molecule has 1 saturated heterocycles. The van der Waals surface area contributed by atoms with Gasteiger partial charge < -0.3 is 15.8 Å². The number of nitrogens with two attached hydrogens (primary N) is 1. The highest BCUT2D eigenvalue weighted by Crippen LogP contribution is 2.26. The number of halogens is 1. The molecule has 1 aromatic carbocycles. The van der Waals surface area contributed by atoms with Crippen molar-refractivity contribution in [2.45, 2.75) is 43.6 Å². The second-order valence-corrected chi connectivity index (χ2v) is 8.20.